The largest absolute Gasteiger partial charge is 0.481 e. The Morgan fingerprint density at radius 1 is 1.24 bits per heavy atom. The van der Waals surface area contributed by atoms with E-state index in [1.165, 1.54) is 12.8 Å². The van der Waals surface area contributed by atoms with Crippen LogP contribution < -0.4 is 4.74 Å². The first-order chi connectivity index (χ1) is 16.3. The van der Waals surface area contributed by atoms with Gasteiger partial charge in [-0.2, -0.15) is 0 Å². The van der Waals surface area contributed by atoms with Gasteiger partial charge in [-0.15, -0.1) is 5.10 Å². The summed E-state index contributed by atoms with van der Waals surface area (Å²) in [4.78, 5) is 34.3. The van der Waals surface area contributed by atoms with Gasteiger partial charge in [0.15, 0.2) is 0 Å². The third-order valence-corrected chi connectivity index (χ3v) is 6.75. The molecule has 0 saturated heterocycles. The van der Waals surface area contributed by atoms with Gasteiger partial charge in [-0.3, -0.25) is 4.79 Å². The SMILES string of the molecule is Cc1nc(-c2nnn(C)c2COC(=O)N(C)CC2CCCC2)cnc1O[C@H]1CCC(C(=O)O)C1. The molecule has 2 atom stereocenters. The first-order valence-electron chi connectivity index (χ1n) is 11.8. The molecule has 1 unspecified atom stereocenters. The number of nitrogens with zero attached hydrogens (tertiary/aromatic N) is 6. The molecule has 4 rings (SSSR count). The maximum Gasteiger partial charge on any atom is 0.409 e. The molecule has 34 heavy (non-hydrogen) atoms. The third-order valence-electron chi connectivity index (χ3n) is 6.75. The highest BCUT2D eigenvalue weighted by atomic mass is 16.6. The van der Waals surface area contributed by atoms with E-state index in [1.807, 2.05) is 0 Å². The Hall–Kier alpha value is -3.24. The van der Waals surface area contributed by atoms with E-state index in [1.54, 1.807) is 36.8 Å². The average Bonchev–Trinajstić information content (AvgIpc) is 3.55. The van der Waals surface area contributed by atoms with Crippen LogP contribution in [0.2, 0.25) is 0 Å². The molecule has 11 nitrogen and oxygen atoms in total. The quantitative estimate of drug-likeness (QED) is 0.615. The van der Waals surface area contributed by atoms with Crippen LogP contribution in [-0.4, -0.2) is 66.7 Å². The highest BCUT2D eigenvalue weighted by Gasteiger charge is 2.31. The van der Waals surface area contributed by atoms with Gasteiger partial charge in [0, 0.05) is 20.6 Å². The van der Waals surface area contributed by atoms with Gasteiger partial charge in [0.1, 0.15) is 35.5 Å². The zero-order chi connectivity index (χ0) is 24.2. The normalized spacial score (nSPS) is 20.4. The summed E-state index contributed by atoms with van der Waals surface area (Å²) in [6.45, 7) is 2.50. The fourth-order valence-corrected chi connectivity index (χ4v) is 4.76. The monoisotopic (exact) mass is 472 g/mol. The van der Waals surface area contributed by atoms with Crippen molar-refractivity contribution in [2.45, 2.75) is 64.6 Å². The molecular formula is C23H32N6O5. The first kappa shape index (κ1) is 23.9. The Bertz CT molecular complexity index is 1030. The van der Waals surface area contributed by atoms with Crippen molar-refractivity contribution in [2.24, 2.45) is 18.9 Å². The van der Waals surface area contributed by atoms with E-state index < -0.39 is 5.97 Å². The van der Waals surface area contributed by atoms with E-state index >= 15 is 0 Å². The maximum absolute atomic E-state index is 12.5. The van der Waals surface area contributed by atoms with Gasteiger partial charge < -0.3 is 19.5 Å². The van der Waals surface area contributed by atoms with E-state index in [2.05, 4.69) is 20.3 Å². The van der Waals surface area contributed by atoms with Crippen LogP contribution in [0.1, 0.15) is 56.3 Å². The maximum atomic E-state index is 12.5. The number of hydrogen-bond acceptors (Lipinski definition) is 8. The van der Waals surface area contributed by atoms with E-state index in [0.717, 1.165) is 12.8 Å². The molecule has 0 bridgehead atoms. The summed E-state index contributed by atoms with van der Waals surface area (Å²) in [7, 11) is 3.50. The number of hydrogen-bond donors (Lipinski definition) is 1. The fourth-order valence-electron chi connectivity index (χ4n) is 4.76. The van der Waals surface area contributed by atoms with Gasteiger partial charge in [-0.05, 0) is 44.9 Å². The van der Waals surface area contributed by atoms with Crippen LogP contribution in [0.25, 0.3) is 11.4 Å². The number of carboxylic acids is 1. The minimum atomic E-state index is -0.787. The Morgan fingerprint density at radius 3 is 2.68 bits per heavy atom. The topological polar surface area (TPSA) is 133 Å². The second-order valence-corrected chi connectivity index (χ2v) is 9.33. The van der Waals surface area contributed by atoms with Crippen LogP contribution in [-0.2, 0) is 23.2 Å². The number of aromatic nitrogens is 5. The Kier molecular flexibility index (Phi) is 7.28. The molecule has 0 spiro atoms. The minimum Gasteiger partial charge on any atom is -0.481 e. The summed E-state index contributed by atoms with van der Waals surface area (Å²) >= 11 is 0. The Morgan fingerprint density at radius 2 is 2.00 bits per heavy atom. The predicted octanol–water partition coefficient (Wildman–Crippen LogP) is 2.97. The van der Waals surface area contributed by atoms with Gasteiger partial charge in [-0.25, -0.2) is 19.4 Å². The molecule has 2 heterocycles. The molecule has 1 amide bonds. The van der Waals surface area contributed by atoms with Crippen molar-refractivity contribution in [3.05, 3.63) is 17.6 Å². The molecule has 0 aliphatic heterocycles. The molecule has 2 aromatic rings. The lowest BCUT2D eigenvalue weighted by atomic mass is 10.1. The molecule has 184 valence electrons. The molecule has 2 aromatic heterocycles. The lowest BCUT2D eigenvalue weighted by molar-refractivity contribution is -0.141. The molecule has 11 heteroatoms. The number of rotatable bonds is 8. The minimum absolute atomic E-state index is 0.0182. The molecule has 2 aliphatic carbocycles. The number of amides is 1. The molecule has 0 aromatic carbocycles. The van der Waals surface area contributed by atoms with E-state index in [9.17, 15) is 14.7 Å². The van der Waals surface area contributed by atoms with Gasteiger partial charge in [0.25, 0.3) is 0 Å². The van der Waals surface area contributed by atoms with E-state index in [4.69, 9.17) is 9.47 Å². The zero-order valence-electron chi connectivity index (χ0n) is 19.9. The second kappa shape index (κ2) is 10.4. The van der Waals surface area contributed by atoms with E-state index in [-0.39, 0.29) is 24.7 Å². The summed E-state index contributed by atoms with van der Waals surface area (Å²) in [5.74, 6) is -0.237. The lowest BCUT2D eigenvalue weighted by Crippen LogP contribution is -2.31. The van der Waals surface area contributed by atoms with Crippen LogP contribution in [0.5, 0.6) is 5.88 Å². The Labute approximate surface area is 198 Å². The number of carbonyl (C=O) groups is 2. The second-order valence-electron chi connectivity index (χ2n) is 9.33. The number of aliphatic carboxylic acids is 1. The first-order valence-corrected chi connectivity index (χ1v) is 11.8. The smallest absolute Gasteiger partial charge is 0.409 e. The molecule has 0 radical (unpaired) electrons. The van der Waals surface area contributed by atoms with Crippen molar-refractivity contribution in [1.82, 2.24) is 29.9 Å². The molecule has 2 fully saturated rings. The van der Waals surface area contributed by atoms with Gasteiger partial charge in [-0.1, -0.05) is 18.1 Å². The number of aryl methyl sites for hydroxylation is 2. The van der Waals surface area contributed by atoms with Crippen molar-refractivity contribution >= 4 is 12.1 Å². The predicted molar refractivity (Wildman–Crippen MR) is 121 cm³/mol. The number of carbonyl (C=O) groups excluding carboxylic acids is 1. The van der Waals surface area contributed by atoms with Crippen molar-refractivity contribution in [3.8, 4) is 17.3 Å². The highest BCUT2D eigenvalue weighted by molar-refractivity contribution is 5.70. The van der Waals surface area contributed by atoms with Crippen LogP contribution >= 0.6 is 0 Å². The van der Waals surface area contributed by atoms with Crippen molar-refractivity contribution in [2.75, 3.05) is 13.6 Å². The van der Waals surface area contributed by atoms with Crippen molar-refractivity contribution in [3.63, 3.8) is 0 Å². The lowest BCUT2D eigenvalue weighted by Gasteiger charge is -2.20. The fraction of sp³-hybridized carbons (Fsp3) is 0.652. The van der Waals surface area contributed by atoms with E-state index in [0.29, 0.717) is 60.4 Å². The molecular weight excluding hydrogens is 440 g/mol. The standard InChI is InChI=1S/C23H32N6O5/c1-14-21(34-17-9-8-16(10-17)22(30)31)24-11-18(25-14)20-19(29(3)27-26-20)13-33-23(32)28(2)12-15-6-4-5-7-15/h11,15-17H,4-10,12-13H2,1-3H3,(H,30,31)/t16?,17-/m0/s1. The van der Waals surface area contributed by atoms with Gasteiger partial charge in [0.2, 0.25) is 5.88 Å². The summed E-state index contributed by atoms with van der Waals surface area (Å²) in [5, 5.41) is 17.4. The summed E-state index contributed by atoms with van der Waals surface area (Å²) in [5.41, 5.74) is 2.17. The van der Waals surface area contributed by atoms with Crippen molar-refractivity contribution < 1.29 is 24.2 Å². The van der Waals surface area contributed by atoms with Gasteiger partial charge in [0.05, 0.1) is 12.1 Å². The molecule has 2 aliphatic rings. The van der Waals surface area contributed by atoms with Crippen LogP contribution in [0.4, 0.5) is 4.79 Å². The average molecular weight is 473 g/mol. The number of ether oxygens (including phenoxy) is 2. The van der Waals surface area contributed by atoms with Gasteiger partial charge >= 0.3 is 12.1 Å². The zero-order valence-corrected chi connectivity index (χ0v) is 19.9. The molecule has 1 N–H and O–H groups in total. The summed E-state index contributed by atoms with van der Waals surface area (Å²) in [6, 6.07) is 0. The third kappa shape index (κ3) is 5.45. The highest BCUT2D eigenvalue weighted by Crippen LogP contribution is 2.30. The van der Waals surface area contributed by atoms with Crippen LogP contribution in [0.3, 0.4) is 0 Å². The Balaban J connectivity index is 1.39. The number of carboxylic acid groups (broad SMARTS) is 1. The molecule has 2 saturated carbocycles. The van der Waals surface area contributed by atoms with Crippen molar-refractivity contribution in [1.29, 1.82) is 0 Å². The van der Waals surface area contributed by atoms with Crippen LogP contribution in [0, 0.1) is 18.8 Å². The summed E-state index contributed by atoms with van der Waals surface area (Å²) in [6.07, 6.45) is 7.50. The van der Waals surface area contributed by atoms with Crippen LogP contribution in [0.15, 0.2) is 6.20 Å². The summed E-state index contributed by atoms with van der Waals surface area (Å²) < 4.78 is 13.0.